The van der Waals surface area contributed by atoms with Gasteiger partial charge >= 0.3 is 0 Å². The molecule has 1 aliphatic carbocycles. The highest BCUT2D eigenvalue weighted by molar-refractivity contribution is 7.91. The Morgan fingerprint density at radius 3 is 1.98 bits per heavy atom. The molecule has 0 saturated carbocycles. The summed E-state index contributed by atoms with van der Waals surface area (Å²) in [7, 11) is -14.5. The molecule has 0 atom stereocenters. The fourth-order valence-electron chi connectivity index (χ4n) is 5.65. The van der Waals surface area contributed by atoms with Crippen LogP contribution in [0.4, 0.5) is 11.4 Å². The normalized spacial score (nSPS) is 12.9. The minimum absolute atomic E-state index is 0.0315. The summed E-state index contributed by atoms with van der Waals surface area (Å²) in [4.78, 5) is 41.6. The number of rotatable bonds is 9. The molecule has 1 aromatic heterocycles. The number of nitrogens with one attached hydrogen (secondary N) is 2. The lowest BCUT2D eigenvalue weighted by Crippen LogP contribution is -2.25. The van der Waals surface area contributed by atoms with Gasteiger partial charge in [-0.25, -0.2) is 8.42 Å². The lowest BCUT2D eigenvalue weighted by molar-refractivity contribution is 0.102. The predicted molar refractivity (Wildman–Crippen MR) is 172 cm³/mol. The third-order valence-corrected chi connectivity index (χ3v) is 11.2. The van der Waals surface area contributed by atoms with Gasteiger partial charge < -0.3 is 15.4 Å². The van der Waals surface area contributed by atoms with Gasteiger partial charge in [0.05, 0.1) is 45.3 Å². The fourth-order valence-corrected chi connectivity index (χ4v) is 8.00. The summed E-state index contributed by atoms with van der Waals surface area (Å²) in [6, 6.07) is 16.6. The van der Waals surface area contributed by atoms with Crippen molar-refractivity contribution >= 4 is 63.9 Å². The molecule has 0 saturated heterocycles. The van der Waals surface area contributed by atoms with Gasteiger partial charge in [0.25, 0.3) is 25.8 Å². The number of sulfone groups is 1. The summed E-state index contributed by atoms with van der Waals surface area (Å²) in [5, 5.41) is 11.5. The van der Waals surface area contributed by atoms with E-state index in [-0.39, 0.29) is 33.2 Å². The molecular weight excluding hydrogens is 689 g/mol. The zero-order valence-corrected chi connectivity index (χ0v) is 26.6. The van der Waals surface area contributed by atoms with E-state index in [4.69, 9.17) is 0 Å². The molecule has 6 rings (SSSR count). The second-order valence-corrected chi connectivity index (χ2v) is 15.5. The number of pyridine rings is 1. The Labute approximate surface area is 272 Å². The highest BCUT2D eigenvalue weighted by atomic mass is 32.2. The first kappa shape index (κ1) is 32.9. The average Bonchev–Trinajstić information content (AvgIpc) is 3.02. The van der Waals surface area contributed by atoms with Gasteiger partial charge in [0.1, 0.15) is 9.79 Å². The van der Waals surface area contributed by atoms with E-state index < -0.39 is 96.7 Å². The number of aliphatic hydroxyl groups is 1. The number of benzene rings is 4. The van der Waals surface area contributed by atoms with Gasteiger partial charge in [0.15, 0.2) is 21.4 Å². The highest BCUT2D eigenvalue weighted by Gasteiger charge is 2.36. The monoisotopic (exact) mass is 710 g/mol. The maximum Gasteiger partial charge on any atom is 0.296 e. The van der Waals surface area contributed by atoms with Crippen LogP contribution in [-0.4, -0.2) is 68.4 Å². The lowest BCUT2D eigenvalue weighted by Gasteiger charge is -2.25. The van der Waals surface area contributed by atoms with Gasteiger partial charge in [-0.2, -0.15) is 16.8 Å². The summed E-state index contributed by atoms with van der Waals surface area (Å²) in [5.74, 6) is -2.32. The van der Waals surface area contributed by atoms with E-state index in [2.05, 4.69) is 10.3 Å². The molecule has 48 heavy (non-hydrogen) atoms. The molecule has 0 amide bonds. The Bertz CT molecular complexity index is 2620. The maximum atomic E-state index is 14.2. The van der Waals surface area contributed by atoms with Crippen molar-refractivity contribution in [2.75, 3.05) is 17.7 Å². The van der Waals surface area contributed by atoms with Crippen LogP contribution in [0.3, 0.4) is 0 Å². The molecule has 4 aromatic carbocycles. The minimum Gasteiger partial charge on any atom is -0.395 e. The van der Waals surface area contributed by atoms with Gasteiger partial charge in [0, 0.05) is 22.1 Å². The van der Waals surface area contributed by atoms with E-state index in [1.165, 1.54) is 36.4 Å². The molecule has 5 N–H and O–H groups in total. The van der Waals surface area contributed by atoms with E-state index in [1.54, 1.807) is 18.2 Å². The number of carbonyl (C=O) groups excluding carboxylic acids is 2. The third kappa shape index (κ3) is 5.51. The van der Waals surface area contributed by atoms with Gasteiger partial charge in [-0.15, -0.1) is 0 Å². The number of ketones is 2. The van der Waals surface area contributed by atoms with Crippen molar-refractivity contribution in [1.82, 2.24) is 4.98 Å². The van der Waals surface area contributed by atoms with E-state index >= 15 is 0 Å². The Morgan fingerprint density at radius 2 is 1.35 bits per heavy atom. The molecule has 0 spiro atoms. The maximum absolute atomic E-state index is 14.2. The lowest BCUT2D eigenvalue weighted by atomic mass is 9.80. The van der Waals surface area contributed by atoms with Crippen molar-refractivity contribution in [2.24, 2.45) is 0 Å². The Hall–Kier alpha value is -5.04. The summed E-state index contributed by atoms with van der Waals surface area (Å²) >= 11 is 0. The number of carbonyl (C=O) groups is 2. The highest BCUT2D eigenvalue weighted by Crippen LogP contribution is 2.46. The minimum atomic E-state index is -5.23. The van der Waals surface area contributed by atoms with Crippen molar-refractivity contribution in [2.45, 2.75) is 14.7 Å². The third-order valence-electron chi connectivity index (χ3n) is 7.68. The first-order valence-electron chi connectivity index (χ1n) is 13.7. The molecule has 17 heteroatoms. The van der Waals surface area contributed by atoms with E-state index in [9.17, 15) is 53.8 Å². The summed E-state index contributed by atoms with van der Waals surface area (Å²) in [6.45, 7) is -0.781. The molecule has 0 aliphatic heterocycles. The molecule has 0 unspecified atom stereocenters. The van der Waals surface area contributed by atoms with Crippen molar-refractivity contribution in [1.29, 1.82) is 0 Å². The molecule has 5 aromatic rings. The van der Waals surface area contributed by atoms with Crippen LogP contribution in [0, 0.1) is 0 Å². The first-order valence-corrected chi connectivity index (χ1v) is 18.3. The van der Waals surface area contributed by atoms with Crippen LogP contribution in [0.2, 0.25) is 0 Å². The van der Waals surface area contributed by atoms with Crippen LogP contribution < -0.4 is 10.9 Å². The van der Waals surface area contributed by atoms with Crippen LogP contribution in [0.15, 0.2) is 98.3 Å². The average molecular weight is 711 g/mol. The smallest absolute Gasteiger partial charge is 0.296 e. The van der Waals surface area contributed by atoms with Crippen LogP contribution in [0.5, 0.6) is 0 Å². The van der Waals surface area contributed by atoms with Crippen LogP contribution in [-0.2, 0) is 30.1 Å². The summed E-state index contributed by atoms with van der Waals surface area (Å²) < 4.78 is 96.0. The van der Waals surface area contributed by atoms with Crippen molar-refractivity contribution in [3.05, 3.63) is 111 Å². The SMILES string of the molecule is O=C(c1ccccc1)c1c2c3c(c(Nc4cc(S(=O)(=O)CCO)ccc4S(=O)(=O)O)cc(S(=O)(=O)O)c3[nH]c1=O)C(=O)c1ccccc1-2. The molecular formula is C31H22N2O12S3. The van der Waals surface area contributed by atoms with Crippen molar-refractivity contribution in [3.8, 4) is 11.1 Å². The summed E-state index contributed by atoms with van der Waals surface area (Å²) in [6.07, 6.45) is 0. The van der Waals surface area contributed by atoms with Gasteiger partial charge in [-0.1, -0.05) is 54.6 Å². The Balaban J connectivity index is 1.77. The number of aromatic amines is 1. The Morgan fingerprint density at radius 1 is 0.729 bits per heavy atom. The summed E-state index contributed by atoms with van der Waals surface area (Å²) in [5.41, 5.74) is -3.58. The van der Waals surface area contributed by atoms with Crippen molar-refractivity contribution in [3.63, 3.8) is 0 Å². The number of hydrogen-bond acceptors (Lipinski definition) is 11. The van der Waals surface area contributed by atoms with Gasteiger partial charge in [0.2, 0.25) is 0 Å². The first-order chi connectivity index (χ1) is 22.5. The second kappa shape index (κ2) is 11.6. The van der Waals surface area contributed by atoms with E-state index in [1.807, 2.05) is 0 Å². The topological polar surface area (TPSA) is 242 Å². The van der Waals surface area contributed by atoms with E-state index in [0.29, 0.717) is 0 Å². The molecule has 1 heterocycles. The molecule has 246 valence electrons. The van der Waals surface area contributed by atoms with Crippen LogP contribution >= 0.6 is 0 Å². The molecule has 14 nitrogen and oxygen atoms in total. The quantitative estimate of drug-likeness (QED) is 0.107. The van der Waals surface area contributed by atoms with Crippen LogP contribution in [0.1, 0.15) is 31.8 Å². The van der Waals surface area contributed by atoms with Gasteiger partial charge in [-0.05, 0) is 29.8 Å². The number of aliphatic hydroxyl groups excluding tert-OH is 1. The largest absolute Gasteiger partial charge is 0.395 e. The number of aromatic nitrogens is 1. The zero-order valence-electron chi connectivity index (χ0n) is 24.2. The van der Waals surface area contributed by atoms with Gasteiger partial charge in [-0.3, -0.25) is 23.5 Å². The van der Waals surface area contributed by atoms with E-state index in [0.717, 1.165) is 24.3 Å². The molecule has 0 radical (unpaired) electrons. The number of fused-ring (bicyclic) bond motifs is 2. The van der Waals surface area contributed by atoms with Crippen molar-refractivity contribution < 1.29 is 49.1 Å². The number of hydrogen-bond donors (Lipinski definition) is 5. The Kier molecular flexibility index (Phi) is 7.94. The molecule has 1 aliphatic rings. The number of anilines is 2. The van der Waals surface area contributed by atoms with Crippen LogP contribution in [0.25, 0.3) is 22.0 Å². The molecule has 0 fully saturated rings. The predicted octanol–water partition coefficient (Wildman–Crippen LogP) is 2.97. The number of H-pyrrole nitrogens is 1. The fraction of sp³-hybridized carbons (Fsp3) is 0.0645. The molecule has 0 bridgehead atoms. The zero-order chi connectivity index (χ0) is 34.8. The standard InChI is InChI=1S/C31H22N2O12S3/c34-12-13-46(38,39)17-10-11-22(47(40,41)42)20(14-17)32-21-15-23(48(43,44)45)28-26-24(18-8-4-5-9-19(18)30(36)25(21)26)27(31(37)33-28)29(35)16-6-2-1-3-7-16/h1-11,14-15,32,34H,12-13H2,(H,33,37)(H,40,41,42)(H,43,44,45). The second-order valence-electron chi connectivity index (χ2n) is 10.6.